The monoisotopic (exact) mass is 299 g/mol. The lowest BCUT2D eigenvalue weighted by Gasteiger charge is -2.26. The molecule has 7 heteroatoms. The summed E-state index contributed by atoms with van der Waals surface area (Å²) in [7, 11) is 3.99. The van der Waals surface area contributed by atoms with Crippen LogP contribution in [0.25, 0.3) is 0 Å². The fourth-order valence-corrected chi connectivity index (χ4v) is 2.50. The number of Topliss-reactive ketones (excluding diaryl/α,β-unsaturated/α-hetero) is 1. The number of ketones is 1. The van der Waals surface area contributed by atoms with Gasteiger partial charge in [0.05, 0.1) is 24.3 Å². The first-order chi connectivity index (χ1) is 9.58. The topological polar surface area (TPSA) is 53.4 Å². The van der Waals surface area contributed by atoms with Crippen molar-refractivity contribution in [2.45, 2.75) is 6.54 Å². The number of nitrogens with one attached hydrogen (secondary N) is 1. The van der Waals surface area contributed by atoms with E-state index < -0.39 is 0 Å². The summed E-state index contributed by atoms with van der Waals surface area (Å²) in [6, 6.07) is 0. The van der Waals surface area contributed by atoms with Crippen molar-refractivity contribution in [2.75, 3.05) is 53.4 Å². The van der Waals surface area contributed by atoms with Gasteiger partial charge in [-0.1, -0.05) is 11.6 Å². The van der Waals surface area contributed by atoms with Crippen LogP contribution in [0, 0.1) is 0 Å². The van der Waals surface area contributed by atoms with E-state index in [0.29, 0.717) is 23.8 Å². The van der Waals surface area contributed by atoms with Crippen molar-refractivity contribution in [1.29, 1.82) is 0 Å². The maximum atomic E-state index is 12.4. The largest absolute Gasteiger partial charge is 0.314 e. The van der Waals surface area contributed by atoms with Crippen LogP contribution in [0.1, 0.15) is 10.5 Å². The van der Waals surface area contributed by atoms with Crippen LogP contribution >= 0.6 is 11.6 Å². The smallest absolute Gasteiger partial charge is 0.196 e. The zero-order chi connectivity index (χ0) is 14.5. The van der Waals surface area contributed by atoms with E-state index in [1.165, 1.54) is 0 Å². The lowest BCUT2D eigenvalue weighted by Crippen LogP contribution is -2.45. The van der Waals surface area contributed by atoms with Gasteiger partial charge in [0.2, 0.25) is 0 Å². The summed E-state index contributed by atoms with van der Waals surface area (Å²) in [6.45, 7) is 5.57. The first-order valence-electron chi connectivity index (χ1n) is 6.90. The molecule has 0 unspecified atom stereocenters. The number of piperazine rings is 1. The molecule has 1 N–H and O–H groups in total. The highest BCUT2D eigenvalue weighted by Crippen LogP contribution is 2.16. The average Bonchev–Trinajstić information content (AvgIpc) is 2.78. The highest BCUT2D eigenvalue weighted by atomic mass is 35.5. The summed E-state index contributed by atoms with van der Waals surface area (Å²) in [4.78, 5) is 16.6. The van der Waals surface area contributed by atoms with Crippen LogP contribution in [-0.4, -0.2) is 78.7 Å². The van der Waals surface area contributed by atoms with Gasteiger partial charge >= 0.3 is 0 Å². The second kappa shape index (κ2) is 7.17. The van der Waals surface area contributed by atoms with Gasteiger partial charge in [-0.15, -0.1) is 0 Å². The van der Waals surface area contributed by atoms with Crippen molar-refractivity contribution in [1.82, 2.24) is 24.9 Å². The molecule has 1 aromatic heterocycles. The molecule has 0 radical (unpaired) electrons. The Morgan fingerprint density at radius 3 is 2.80 bits per heavy atom. The molecular formula is C13H22ClN5O. The van der Waals surface area contributed by atoms with E-state index in [-0.39, 0.29) is 5.78 Å². The Bertz CT molecular complexity index is 454. The first-order valence-corrected chi connectivity index (χ1v) is 7.28. The molecule has 0 spiro atoms. The van der Waals surface area contributed by atoms with Gasteiger partial charge in [0, 0.05) is 32.7 Å². The van der Waals surface area contributed by atoms with Crippen molar-refractivity contribution in [3.8, 4) is 0 Å². The van der Waals surface area contributed by atoms with E-state index in [2.05, 4.69) is 20.2 Å². The number of halogens is 1. The highest BCUT2D eigenvalue weighted by molar-refractivity contribution is 6.33. The van der Waals surface area contributed by atoms with Crippen LogP contribution in [0.2, 0.25) is 5.02 Å². The number of carbonyl (C=O) groups is 1. The molecule has 1 aliphatic rings. The second-order valence-corrected chi connectivity index (χ2v) is 5.72. The summed E-state index contributed by atoms with van der Waals surface area (Å²) >= 11 is 6.12. The quantitative estimate of drug-likeness (QED) is 0.760. The highest BCUT2D eigenvalue weighted by Gasteiger charge is 2.21. The summed E-state index contributed by atoms with van der Waals surface area (Å²) in [5.74, 6) is 0.0492. The Balaban J connectivity index is 2.02. The molecule has 0 amide bonds. The van der Waals surface area contributed by atoms with E-state index in [0.717, 1.165) is 32.7 Å². The minimum absolute atomic E-state index is 0.0492. The first kappa shape index (κ1) is 15.4. The molecule has 0 saturated carbocycles. The summed E-state index contributed by atoms with van der Waals surface area (Å²) in [6.07, 6.45) is 1.56. The molecule has 6 nitrogen and oxygen atoms in total. The summed E-state index contributed by atoms with van der Waals surface area (Å²) < 4.78 is 1.72. The standard InChI is InChI=1S/C13H22ClN5O/c1-17(2)7-8-19-13(11(14)9-16-19)12(20)10-18-5-3-15-4-6-18/h9,15H,3-8,10H2,1-2H3. The van der Waals surface area contributed by atoms with Gasteiger partial charge in [0.15, 0.2) is 5.78 Å². The van der Waals surface area contributed by atoms with Crippen LogP contribution in [0.3, 0.4) is 0 Å². The Kier molecular flexibility index (Phi) is 5.54. The normalized spacial score (nSPS) is 16.8. The molecule has 0 atom stereocenters. The molecule has 20 heavy (non-hydrogen) atoms. The van der Waals surface area contributed by atoms with E-state index in [1.54, 1.807) is 10.9 Å². The molecule has 1 aliphatic heterocycles. The van der Waals surface area contributed by atoms with Crippen LogP contribution < -0.4 is 5.32 Å². The molecule has 1 aromatic rings. The molecule has 1 saturated heterocycles. The van der Waals surface area contributed by atoms with Crippen molar-refractivity contribution < 1.29 is 4.79 Å². The van der Waals surface area contributed by atoms with Crippen molar-refractivity contribution in [3.63, 3.8) is 0 Å². The fraction of sp³-hybridized carbons (Fsp3) is 0.692. The van der Waals surface area contributed by atoms with Crippen LogP contribution in [0.15, 0.2) is 6.20 Å². The number of aromatic nitrogens is 2. The molecule has 0 bridgehead atoms. The minimum Gasteiger partial charge on any atom is -0.314 e. The van der Waals surface area contributed by atoms with Crippen molar-refractivity contribution in [3.05, 3.63) is 16.9 Å². The second-order valence-electron chi connectivity index (χ2n) is 5.32. The third-order valence-electron chi connectivity index (χ3n) is 3.39. The van der Waals surface area contributed by atoms with Crippen molar-refractivity contribution in [2.24, 2.45) is 0 Å². The number of likely N-dealkylation sites (N-methyl/N-ethyl adjacent to an activating group) is 1. The lowest BCUT2D eigenvalue weighted by molar-refractivity contribution is 0.0910. The Morgan fingerprint density at radius 1 is 1.45 bits per heavy atom. The Labute approximate surface area is 124 Å². The summed E-state index contributed by atoms with van der Waals surface area (Å²) in [5.41, 5.74) is 0.534. The zero-order valence-corrected chi connectivity index (χ0v) is 12.9. The van der Waals surface area contributed by atoms with Gasteiger partial charge < -0.3 is 10.2 Å². The van der Waals surface area contributed by atoms with Gasteiger partial charge in [-0.2, -0.15) is 5.10 Å². The molecule has 112 valence electrons. The molecule has 2 heterocycles. The molecule has 0 aliphatic carbocycles. The number of hydrogen-bond donors (Lipinski definition) is 1. The van der Waals surface area contributed by atoms with Crippen LogP contribution in [0.4, 0.5) is 0 Å². The number of nitrogens with zero attached hydrogens (tertiary/aromatic N) is 4. The minimum atomic E-state index is 0.0492. The molecular weight excluding hydrogens is 278 g/mol. The summed E-state index contributed by atoms with van der Waals surface area (Å²) in [5, 5.41) is 7.93. The van der Waals surface area contributed by atoms with Gasteiger partial charge in [-0.05, 0) is 14.1 Å². The molecule has 1 fully saturated rings. The maximum Gasteiger partial charge on any atom is 0.196 e. The third-order valence-corrected chi connectivity index (χ3v) is 3.67. The Morgan fingerprint density at radius 2 is 2.15 bits per heavy atom. The van der Waals surface area contributed by atoms with E-state index >= 15 is 0 Å². The Hall–Kier alpha value is -0.950. The maximum absolute atomic E-state index is 12.4. The number of rotatable bonds is 6. The number of hydrogen-bond acceptors (Lipinski definition) is 5. The van der Waals surface area contributed by atoms with Crippen LogP contribution in [-0.2, 0) is 6.54 Å². The van der Waals surface area contributed by atoms with Crippen molar-refractivity contribution >= 4 is 17.4 Å². The van der Waals surface area contributed by atoms with E-state index in [1.807, 2.05) is 14.1 Å². The lowest BCUT2D eigenvalue weighted by atomic mass is 10.2. The van der Waals surface area contributed by atoms with Gasteiger partial charge in [-0.3, -0.25) is 14.4 Å². The van der Waals surface area contributed by atoms with Gasteiger partial charge in [0.1, 0.15) is 5.69 Å². The van der Waals surface area contributed by atoms with Crippen LogP contribution in [0.5, 0.6) is 0 Å². The predicted molar refractivity (Wildman–Crippen MR) is 79.4 cm³/mol. The zero-order valence-electron chi connectivity index (χ0n) is 12.1. The fourth-order valence-electron chi connectivity index (χ4n) is 2.25. The van der Waals surface area contributed by atoms with Gasteiger partial charge in [-0.25, -0.2) is 0 Å². The molecule has 2 rings (SSSR count). The SMILES string of the molecule is CN(C)CCn1ncc(Cl)c1C(=O)CN1CCNCC1. The van der Waals surface area contributed by atoms with E-state index in [4.69, 9.17) is 11.6 Å². The van der Waals surface area contributed by atoms with Gasteiger partial charge in [0.25, 0.3) is 0 Å². The van der Waals surface area contributed by atoms with E-state index in [9.17, 15) is 4.79 Å². The third kappa shape index (κ3) is 4.02. The predicted octanol–water partition coefficient (Wildman–Crippen LogP) is 0.186. The average molecular weight is 300 g/mol. The number of carbonyl (C=O) groups excluding carboxylic acids is 1. The molecule has 0 aromatic carbocycles.